The number of halogens is 6. The van der Waals surface area contributed by atoms with Crippen molar-refractivity contribution in [3.05, 3.63) is 66.4 Å². The maximum Gasteiger partial charge on any atom is 0.573 e. The van der Waals surface area contributed by atoms with E-state index >= 15 is 0 Å². The first-order chi connectivity index (χ1) is 14.6. The van der Waals surface area contributed by atoms with Crippen LogP contribution in [0, 0.1) is 11.3 Å². The van der Waals surface area contributed by atoms with Gasteiger partial charge in [0.1, 0.15) is 11.5 Å². The number of pyridine rings is 1. The molecule has 1 heterocycles. The Balaban J connectivity index is 2.15. The van der Waals surface area contributed by atoms with Gasteiger partial charge in [-0.3, -0.25) is 4.98 Å². The summed E-state index contributed by atoms with van der Waals surface area (Å²) < 4.78 is 83.5. The van der Waals surface area contributed by atoms with Crippen LogP contribution in [-0.2, 0) is 6.42 Å². The van der Waals surface area contributed by atoms with Crippen LogP contribution in [0.5, 0.6) is 11.5 Å². The number of alkyl halides is 6. The van der Waals surface area contributed by atoms with Gasteiger partial charge >= 0.3 is 12.7 Å². The predicted octanol–water partition coefficient (Wildman–Crippen LogP) is 6.28. The molecule has 160 valence electrons. The minimum atomic E-state index is -4.91. The fourth-order valence-electron chi connectivity index (χ4n) is 2.96. The van der Waals surface area contributed by atoms with Gasteiger partial charge in [-0.05, 0) is 41.5 Å². The van der Waals surface area contributed by atoms with Gasteiger partial charge < -0.3 is 9.47 Å². The van der Waals surface area contributed by atoms with Crippen molar-refractivity contribution < 1.29 is 35.8 Å². The van der Waals surface area contributed by atoms with Gasteiger partial charge in [0.15, 0.2) is 0 Å². The molecular formula is C21H12F6N2O2. The number of nitriles is 1. The SMILES string of the molecule is N#CCc1ccnc(-c2cccc(OC(F)(F)F)c2)c1-c1cccc(OC(F)(F)F)c1. The molecule has 0 bridgehead atoms. The molecule has 1 aromatic heterocycles. The molecule has 0 fully saturated rings. The zero-order chi connectivity index (χ0) is 22.6. The minimum Gasteiger partial charge on any atom is -0.406 e. The molecule has 0 atom stereocenters. The number of rotatable bonds is 5. The molecule has 0 aliphatic rings. The zero-order valence-electron chi connectivity index (χ0n) is 15.5. The monoisotopic (exact) mass is 438 g/mol. The van der Waals surface area contributed by atoms with Crippen molar-refractivity contribution >= 4 is 0 Å². The van der Waals surface area contributed by atoms with Crippen LogP contribution < -0.4 is 9.47 Å². The number of ether oxygens (including phenoxy) is 2. The molecule has 0 N–H and O–H groups in total. The molecule has 0 aliphatic heterocycles. The summed E-state index contributed by atoms with van der Waals surface area (Å²) in [6.07, 6.45) is -8.55. The van der Waals surface area contributed by atoms with Crippen molar-refractivity contribution in [1.82, 2.24) is 4.98 Å². The van der Waals surface area contributed by atoms with Crippen LogP contribution in [0.25, 0.3) is 22.4 Å². The third-order valence-corrected chi connectivity index (χ3v) is 4.00. The van der Waals surface area contributed by atoms with Crippen LogP contribution in [0.4, 0.5) is 26.3 Å². The highest BCUT2D eigenvalue weighted by Gasteiger charge is 2.32. The van der Waals surface area contributed by atoms with E-state index in [9.17, 15) is 26.3 Å². The predicted molar refractivity (Wildman–Crippen MR) is 97.8 cm³/mol. The Morgan fingerprint density at radius 2 is 1.35 bits per heavy atom. The number of hydrogen-bond acceptors (Lipinski definition) is 4. The van der Waals surface area contributed by atoms with Crippen LogP contribution in [0.15, 0.2) is 60.8 Å². The summed E-state index contributed by atoms with van der Waals surface area (Å²) >= 11 is 0. The summed E-state index contributed by atoms with van der Waals surface area (Å²) in [5, 5.41) is 9.14. The van der Waals surface area contributed by atoms with E-state index < -0.39 is 24.2 Å². The van der Waals surface area contributed by atoms with Crippen LogP contribution in [0.1, 0.15) is 5.56 Å². The van der Waals surface area contributed by atoms with Crippen molar-refractivity contribution in [3.8, 4) is 40.0 Å². The maximum absolute atomic E-state index is 12.6. The van der Waals surface area contributed by atoms with Gasteiger partial charge in [-0.1, -0.05) is 24.3 Å². The highest BCUT2D eigenvalue weighted by atomic mass is 19.4. The molecule has 3 rings (SSSR count). The van der Waals surface area contributed by atoms with Gasteiger partial charge in [0, 0.05) is 17.3 Å². The smallest absolute Gasteiger partial charge is 0.406 e. The molecule has 10 heteroatoms. The summed E-state index contributed by atoms with van der Waals surface area (Å²) in [5.41, 5.74) is 1.36. The second-order valence-electron chi connectivity index (χ2n) is 6.18. The quantitative estimate of drug-likeness (QED) is 0.440. The molecule has 0 radical (unpaired) electrons. The van der Waals surface area contributed by atoms with Crippen LogP contribution in [0.2, 0.25) is 0 Å². The highest BCUT2D eigenvalue weighted by Crippen LogP contribution is 2.37. The van der Waals surface area contributed by atoms with E-state index in [0.717, 1.165) is 24.3 Å². The van der Waals surface area contributed by atoms with Gasteiger partial charge in [-0.25, -0.2) is 0 Å². The Morgan fingerprint density at radius 1 is 0.806 bits per heavy atom. The van der Waals surface area contributed by atoms with E-state index in [2.05, 4.69) is 14.5 Å². The summed E-state index contributed by atoms with van der Waals surface area (Å²) in [5.74, 6) is -0.977. The number of benzene rings is 2. The molecular weight excluding hydrogens is 426 g/mol. The second-order valence-corrected chi connectivity index (χ2v) is 6.18. The van der Waals surface area contributed by atoms with E-state index in [1.807, 2.05) is 6.07 Å². The van der Waals surface area contributed by atoms with Crippen molar-refractivity contribution in [1.29, 1.82) is 5.26 Å². The Hall–Kier alpha value is -3.74. The number of nitrogens with zero attached hydrogens (tertiary/aromatic N) is 2. The summed E-state index contributed by atoms with van der Waals surface area (Å²) in [4.78, 5) is 4.20. The van der Waals surface area contributed by atoms with Gasteiger partial charge in [0.2, 0.25) is 0 Å². The van der Waals surface area contributed by atoms with Gasteiger partial charge in [0.05, 0.1) is 18.2 Å². The molecule has 0 unspecified atom stereocenters. The average Bonchev–Trinajstić information content (AvgIpc) is 2.66. The summed E-state index contributed by atoms with van der Waals surface area (Å²) in [6, 6.07) is 13.5. The Labute approximate surface area is 172 Å². The fraction of sp³-hybridized carbons (Fsp3) is 0.143. The first-order valence-corrected chi connectivity index (χ1v) is 8.63. The highest BCUT2D eigenvalue weighted by molar-refractivity contribution is 5.84. The normalized spacial score (nSPS) is 11.6. The van der Waals surface area contributed by atoms with Gasteiger partial charge in [0.25, 0.3) is 0 Å². The van der Waals surface area contributed by atoms with E-state index in [0.29, 0.717) is 11.1 Å². The average molecular weight is 438 g/mol. The lowest BCUT2D eigenvalue weighted by Gasteiger charge is -2.16. The number of aromatic nitrogens is 1. The minimum absolute atomic E-state index is 0.103. The topological polar surface area (TPSA) is 55.1 Å². The number of hydrogen-bond donors (Lipinski definition) is 0. The van der Waals surface area contributed by atoms with Crippen LogP contribution in [-0.4, -0.2) is 17.7 Å². The Morgan fingerprint density at radius 3 is 1.90 bits per heavy atom. The Kier molecular flexibility index (Phi) is 6.06. The maximum atomic E-state index is 12.6. The van der Waals surface area contributed by atoms with Crippen molar-refractivity contribution in [2.75, 3.05) is 0 Å². The first-order valence-electron chi connectivity index (χ1n) is 8.63. The lowest BCUT2D eigenvalue weighted by Crippen LogP contribution is -2.17. The van der Waals surface area contributed by atoms with E-state index in [-0.39, 0.29) is 23.2 Å². The molecule has 31 heavy (non-hydrogen) atoms. The lowest BCUT2D eigenvalue weighted by molar-refractivity contribution is -0.275. The zero-order valence-corrected chi connectivity index (χ0v) is 15.5. The molecule has 2 aromatic carbocycles. The lowest BCUT2D eigenvalue weighted by atomic mass is 9.93. The van der Waals surface area contributed by atoms with E-state index in [1.54, 1.807) is 0 Å². The van der Waals surface area contributed by atoms with Crippen molar-refractivity contribution in [2.45, 2.75) is 19.1 Å². The van der Waals surface area contributed by atoms with Crippen LogP contribution >= 0.6 is 0 Å². The molecule has 0 saturated heterocycles. The molecule has 3 aromatic rings. The molecule has 4 nitrogen and oxygen atoms in total. The molecule has 0 saturated carbocycles. The summed E-state index contributed by atoms with van der Waals surface area (Å²) in [6.45, 7) is 0. The molecule has 0 spiro atoms. The van der Waals surface area contributed by atoms with Gasteiger partial charge in [-0.15, -0.1) is 26.3 Å². The molecule has 0 amide bonds. The van der Waals surface area contributed by atoms with Gasteiger partial charge in [-0.2, -0.15) is 5.26 Å². The van der Waals surface area contributed by atoms with E-state index in [4.69, 9.17) is 5.26 Å². The fourth-order valence-corrected chi connectivity index (χ4v) is 2.96. The largest absolute Gasteiger partial charge is 0.573 e. The first kappa shape index (κ1) is 22.0. The van der Waals surface area contributed by atoms with Crippen LogP contribution in [0.3, 0.4) is 0 Å². The Bertz CT molecular complexity index is 1120. The van der Waals surface area contributed by atoms with Crippen molar-refractivity contribution in [2.24, 2.45) is 0 Å². The standard InChI is InChI=1S/C21H12F6N2O2/c22-20(23,24)30-16-5-1-3-14(11-16)18-13(7-9-28)8-10-29-19(18)15-4-2-6-17(12-15)31-21(25,26)27/h1-6,8,10-12H,7H2. The summed E-state index contributed by atoms with van der Waals surface area (Å²) in [7, 11) is 0. The third kappa shape index (κ3) is 5.88. The molecule has 0 aliphatic carbocycles. The third-order valence-electron chi connectivity index (χ3n) is 4.00. The van der Waals surface area contributed by atoms with Crippen molar-refractivity contribution in [3.63, 3.8) is 0 Å². The van der Waals surface area contributed by atoms with E-state index in [1.165, 1.54) is 36.5 Å². The second kappa shape index (κ2) is 8.55.